The zero-order valence-electron chi connectivity index (χ0n) is 17.4. The molecule has 0 amide bonds. The van der Waals surface area contributed by atoms with Gasteiger partial charge >= 0.3 is 0 Å². The van der Waals surface area contributed by atoms with Gasteiger partial charge in [0.25, 0.3) is 5.56 Å². The molecule has 31 heavy (non-hydrogen) atoms. The van der Waals surface area contributed by atoms with Gasteiger partial charge in [0.2, 0.25) is 0 Å². The Morgan fingerprint density at radius 3 is 2.71 bits per heavy atom. The van der Waals surface area contributed by atoms with Gasteiger partial charge in [0, 0.05) is 24.2 Å². The lowest BCUT2D eigenvalue weighted by Gasteiger charge is -2.33. The molecule has 0 radical (unpaired) electrons. The first-order chi connectivity index (χ1) is 15.2. The third-order valence-corrected chi connectivity index (χ3v) is 5.71. The van der Waals surface area contributed by atoms with E-state index in [0.717, 1.165) is 22.0 Å². The smallest absolute Gasteiger partial charge is 0.253 e. The minimum Gasteiger partial charge on any atom is -0.379 e. The number of pyridine rings is 1. The summed E-state index contributed by atoms with van der Waals surface area (Å²) >= 11 is 0. The van der Waals surface area contributed by atoms with E-state index < -0.39 is 0 Å². The van der Waals surface area contributed by atoms with E-state index in [-0.39, 0.29) is 11.6 Å². The third kappa shape index (κ3) is 3.99. The lowest BCUT2D eigenvalue weighted by atomic mass is 10.0. The number of aryl methyl sites for hydroxylation is 1. The molecule has 1 aliphatic rings. The van der Waals surface area contributed by atoms with Crippen molar-refractivity contribution in [2.75, 3.05) is 26.3 Å². The van der Waals surface area contributed by atoms with Gasteiger partial charge in [-0.25, -0.2) is 4.68 Å². The predicted octanol–water partition coefficient (Wildman–Crippen LogP) is 2.29. The molecule has 0 spiro atoms. The number of fused-ring (bicyclic) bond motifs is 1. The van der Waals surface area contributed by atoms with Gasteiger partial charge in [-0.15, -0.1) is 5.10 Å². The number of rotatable bonds is 5. The molecule has 0 aliphatic carbocycles. The van der Waals surface area contributed by atoms with Crippen LogP contribution in [0.4, 0.5) is 0 Å². The fourth-order valence-electron chi connectivity index (χ4n) is 4.15. The molecule has 2 aromatic carbocycles. The van der Waals surface area contributed by atoms with Gasteiger partial charge in [0.05, 0.1) is 19.8 Å². The van der Waals surface area contributed by atoms with E-state index in [1.165, 1.54) is 0 Å². The van der Waals surface area contributed by atoms with Crippen LogP contribution in [0.3, 0.4) is 0 Å². The minimum atomic E-state index is -0.364. The second-order valence-electron chi connectivity index (χ2n) is 7.88. The average Bonchev–Trinajstić information content (AvgIpc) is 3.23. The number of hydrogen-bond acceptors (Lipinski definition) is 6. The lowest BCUT2D eigenvalue weighted by molar-refractivity contribution is 0.0214. The molecule has 0 saturated carbocycles. The van der Waals surface area contributed by atoms with Crippen LogP contribution < -0.4 is 5.56 Å². The molecule has 8 nitrogen and oxygen atoms in total. The quantitative estimate of drug-likeness (QED) is 0.537. The molecule has 8 heteroatoms. The Kier molecular flexibility index (Phi) is 5.31. The molecule has 5 rings (SSSR count). The van der Waals surface area contributed by atoms with E-state index in [9.17, 15) is 4.79 Å². The van der Waals surface area contributed by atoms with Gasteiger partial charge in [-0.3, -0.25) is 9.69 Å². The van der Waals surface area contributed by atoms with E-state index in [1.54, 1.807) is 4.68 Å². The van der Waals surface area contributed by atoms with Crippen LogP contribution >= 0.6 is 0 Å². The minimum absolute atomic E-state index is 0.121. The number of aromatic nitrogens is 5. The number of aromatic amines is 1. The largest absolute Gasteiger partial charge is 0.379 e. The van der Waals surface area contributed by atoms with Gasteiger partial charge in [-0.05, 0) is 46.0 Å². The van der Waals surface area contributed by atoms with Crippen molar-refractivity contribution in [3.05, 3.63) is 87.5 Å². The molecule has 1 N–H and O–H groups in total. The Labute approximate surface area is 179 Å². The van der Waals surface area contributed by atoms with Crippen molar-refractivity contribution >= 4 is 10.9 Å². The molecule has 158 valence electrons. The van der Waals surface area contributed by atoms with Crippen LogP contribution in [0.1, 0.15) is 28.6 Å². The second kappa shape index (κ2) is 8.41. The highest BCUT2D eigenvalue weighted by atomic mass is 16.5. The van der Waals surface area contributed by atoms with Crippen LogP contribution in [0.5, 0.6) is 0 Å². The van der Waals surface area contributed by atoms with Crippen LogP contribution in [0.15, 0.2) is 59.4 Å². The fraction of sp³-hybridized carbons (Fsp3) is 0.304. The predicted molar refractivity (Wildman–Crippen MR) is 117 cm³/mol. The molecule has 3 heterocycles. The molecule has 1 fully saturated rings. The highest BCUT2D eigenvalue weighted by Crippen LogP contribution is 2.28. The summed E-state index contributed by atoms with van der Waals surface area (Å²) in [5, 5.41) is 13.6. The highest BCUT2D eigenvalue weighted by molar-refractivity contribution is 5.79. The van der Waals surface area contributed by atoms with Gasteiger partial charge in [-0.1, -0.05) is 42.5 Å². The number of nitrogens with one attached hydrogen (secondary N) is 1. The summed E-state index contributed by atoms with van der Waals surface area (Å²) in [7, 11) is 0. The van der Waals surface area contributed by atoms with Crippen molar-refractivity contribution in [2.24, 2.45) is 0 Å². The summed E-state index contributed by atoms with van der Waals surface area (Å²) in [5.41, 5.74) is 3.55. The van der Waals surface area contributed by atoms with Crippen molar-refractivity contribution in [1.29, 1.82) is 0 Å². The van der Waals surface area contributed by atoms with Gasteiger partial charge in [-0.2, -0.15) is 0 Å². The first kappa shape index (κ1) is 19.6. The molecular weight excluding hydrogens is 392 g/mol. The first-order valence-electron chi connectivity index (χ1n) is 10.4. The Morgan fingerprint density at radius 2 is 1.90 bits per heavy atom. The van der Waals surface area contributed by atoms with Gasteiger partial charge in [0.15, 0.2) is 5.82 Å². The van der Waals surface area contributed by atoms with Crippen LogP contribution in [0.2, 0.25) is 0 Å². The fourth-order valence-corrected chi connectivity index (χ4v) is 4.15. The van der Waals surface area contributed by atoms with E-state index in [1.807, 2.05) is 61.5 Å². The summed E-state index contributed by atoms with van der Waals surface area (Å²) in [6.45, 7) is 5.18. The van der Waals surface area contributed by atoms with Crippen molar-refractivity contribution in [3.63, 3.8) is 0 Å². The molecule has 2 aromatic heterocycles. The molecule has 1 atom stereocenters. The van der Waals surface area contributed by atoms with Crippen molar-refractivity contribution in [3.8, 4) is 0 Å². The summed E-state index contributed by atoms with van der Waals surface area (Å²) < 4.78 is 7.34. The van der Waals surface area contributed by atoms with Crippen LogP contribution in [0.25, 0.3) is 10.9 Å². The Balaban J connectivity index is 1.62. The topological polar surface area (TPSA) is 88.9 Å². The maximum Gasteiger partial charge on any atom is 0.253 e. The molecule has 0 bridgehead atoms. The van der Waals surface area contributed by atoms with E-state index in [2.05, 4.69) is 25.4 Å². The second-order valence-corrected chi connectivity index (χ2v) is 7.88. The number of morpholine rings is 1. The van der Waals surface area contributed by atoms with Gasteiger partial charge < -0.3 is 9.72 Å². The van der Waals surface area contributed by atoms with E-state index in [4.69, 9.17) is 4.74 Å². The number of nitrogens with zero attached hydrogens (tertiary/aromatic N) is 5. The van der Waals surface area contributed by atoms with Crippen molar-refractivity contribution in [2.45, 2.75) is 19.5 Å². The summed E-state index contributed by atoms with van der Waals surface area (Å²) in [6.07, 6.45) is 0. The molecule has 4 aromatic rings. The number of H-pyrrole nitrogens is 1. The summed E-state index contributed by atoms with van der Waals surface area (Å²) in [5.74, 6) is 0.655. The maximum absolute atomic E-state index is 13.2. The molecule has 1 aliphatic heterocycles. The van der Waals surface area contributed by atoms with Crippen LogP contribution in [-0.4, -0.2) is 56.4 Å². The first-order valence-corrected chi connectivity index (χ1v) is 10.4. The van der Waals surface area contributed by atoms with E-state index >= 15 is 0 Å². The average molecular weight is 416 g/mol. The maximum atomic E-state index is 13.2. The number of ether oxygens (including phenoxy) is 1. The molecule has 1 saturated heterocycles. The van der Waals surface area contributed by atoms with Crippen LogP contribution in [-0.2, 0) is 11.3 Å². The standard InChI is InChI=1S/C23H24N6O2/c1-16-7-8-18-14-19(23(30)24-20(18)13-16)21(28-9-11-31-12-10-28)22-25-26-27-29(22)15-17-5-3-2-4-6-17/h2-8,13-14,21H,9-12,15H2,1H3,(H,24,30). The monoisotopic (exact) mass is 416 g/mol. The summed E-state index contributed by atoms with van der Waals surface area (Å²) in [6, 6.07) is 17.7. The van der Waals surface area contributed by atoms with Crippen LogP contribution in [0, 0.1) is 6.92 Å². The SMILES string of the molecule is Cc1ccc2cc(C(c3nnnn3Cc3ccccc3)N3CCOCC3)c(=O)[nH]c2c1. The number of tetrazole rings is 1. The number of benzene rings is 2. The zero-order valence-corrected chi connectivity index (χ0v) is 17.4. The molecule has 1 unspecified atom stereocenters. The Bertz CT molecular complexity index is 1240. The van der Waals surface area contributed by atoms with Crippen molar-refractivity contribution in [1.82, 2.24) is 30.1 Å². The Morgan fingerprint density at radius 1 is 1.10 bits per heavy atom. The third-order valence-electron chi connectivity index (χ3n) is 5.71. The summed E-state index contributed by atoms with van der Waals surface area (Å²) in [4.78, 5) is 18.5. The molecular formula is C23H24N6O2. The Hall–Kier alpha value is -3.36. The normalized spacial score (nSPS) is 15.9. The van der Waals surface area contributed by atoms with E-state index in [0.29, 0.717) is 44.2 Å². The highest BCUT2D eigenvalue weighted by Gasteiger charge is 2.31. The zero-order chi connectivity index (χ0) is 21.2. The van der Waals surface area contributed by atoms with Gasteiger partial charge in [0.1, 0.15) is 6.04 Å². The van der Waals surface area contributed by atoms with Crippen molar-refractivity contribution < 1.29 is 4.74 Å². The lowest BCUT2D eigenvalue weighted by Crippen LogP contribution is -2.42. The number of hydrogen-bond donors (Lipinski definition) is 1.